The summed E-state index contributed by atoms with van der Waals surface area (Å²) < 4.78 is 0. The van der Waals surface area contributed by atoms with E-state index in [0.29, 0.717) is 0 Å². The van der Waals surface area contributed by atoms with Gasteiger partial charge in [-0.25, -0.2) is 24.3 Å². The van der Waals surface area contributed by atoms with E-state index in [9.17, 15) is 0 Å². The van der Waals surface area contributed by atoms with Crippen molar-refractivity contribution in [2.75, 3.05) is 0 Å². The molecule has 0 saturated heterocycles. The van der Waals surface area contributed by atoms with Gasteiger partial charge in [0.2, 0.25) is 0 Å². The standard InChI is InChI=1S/2C6H7.2ClH.Hf/c2*1-6-4-2-3-5-6;;;/h2*2-5H,1H3;2*1H;/q2*-1;;;+4/p-2. The van der Waals surface area contributed by atoms with Gasteiger partial charge in [0.15, 0.2) is 0 Å². The number of halogens is 2. The number of aryl methyl sites for hydroxylation is 2. The molecule has 0 spiro atoms. The van der Waals surface area contributed by atoms with Gasteiger partial charge in [-0.2, -0.15) is 35.4 Å². The first-order chi connectivity index (χ1) is 5.79. The molecule has 0 bridgehead atoms. The summed E-state index contributed by atoms with van der Waals surface area (Å²) in [6.07, 6.45) is 0. The maximum absolute atomic E-state index is 2.08. The van der Waals surface area contributed by atoms with Crippen LogP contribution < -0.4 is 24.8 Å². The number of rotatable bonds is 0. The van der Waals surface area contributed by atoms with Crippen molar-refractivity contribution in [2.24, 2.45) is 0 Å². The Morgan fingerprint density at radius 2 is 0.800 bits per heavy atom. The van der Waals surface area contributed by atoms with Gasteiger partial charge in [-0.3, -0.25) is 0 Å². The SMILES string of the molecule is C[c-]1cccc1.C[c-]1cccc1.[Cl-].[Cl-].[Hf+4]. The second kappa shape index (κ2) is 12.2. The molecule has 0 aromatic heterocycles. The van der Waals surface area contributed by atoms with E-state index in [2.05, 4.69) is 38.1 Å². The first kappa shape index (κ1) is 20.5. The van der Waals surface area contributed by atoms with Gasteiger partial charge < -0.3 is 24.8 Å². The van der Waals surface area contributed by atoms with Crippen LogP contribution in [0.4, 0.5) is 0 Å². The summed E-state index contributed by atoms with van der Waals surface area (Å²) in [4.78, 5) is 0. The van der Waals surface area contributed by atoms with Gasteiger partial charge in [-0.05, 0) is 0 Å². The molecule has 0 unspecified atom stereocenters. The summed E-state index contributed by atoms with van der Waals surface area (Å²) in [6, 6.07) is 16.5. The Bertz CT molecular complexity index is 253. The largest absolute Gasteiger partial charge is 4.00 e. The summed E-state index contributed by atoms with van der Waals surface area (Å²) in [5.74, 6) is 0. The van der Waals surface area contributed by atoms with Crippen LogP contribution in [0.1, 0.15) is 11.1 Å². The zero-order chi connectivity index (χ0) is 8.81. The minimum Gasteiger partial charge on any atom is -1.00 e. The number of hydrogen-bond donors (Lipinski definition) is 0. The predicted molar refractivity (Wildman–Crippen MR) is 53.5 cm³/mol. The minimum absolute atomic E-state index is 0. The molecule has 0 N–H and O–H groups in total. The zero-order valence-corrected chi connectivity index (χ0v) is 14.0. The van der Waals surface area contributed by atoms with Gasteiger partial charge in [0.25, 0.3) is 0 Å². The van der Waals surface area contributed by atoms with Gasteiger partial charge in [-0.1, -0.05) is 13.8 Å². The van der Waals surface area contributed by atoms with Gasteiger partial charge >= 0.3 is 25.8 Å². The van der Waals surface area contributed by atoms with Crippen molar-refractivity contribution in [3.8, 4) is 0 Å². The summed E-state index contributed by atoms with van der Waals surface area (Å²) in [5.41, 5.74) is 2.69. The fraction of sp³-hybridized carbons (Fsp3) is 0.167. The Hall–Kier alpha value is 0.150. The van der Waals surface area contributed by atoms with E-state index < -0.39 is 0 Å². The van der Waals surface area contributed by atoms with Crippen LogP contribution in [0.5, 0.6) is 0 Å². The monoisotopic (exact) mass is 408 g/mol. The Morgan fingerprint density at radius 3 is 0.867 bits per heavy atom. The molecule has 0 atom stereocenters. The number of hydrogen-bond acceptors (Lipinski definition) is 0. The van der Waals surface area contributed by atoms with E-state index in [-0.39, 0.29) is 50.7 Å². The quantitative estimate of drug-likeness (QED) is 0.333. The molecule has 0 aliphatic rings. The molecule has 15 heavy (non-hydrogen) atoms. The summed E-state index contributed by atoms with van der Waals surface area (Å²) >= 11 is 0. The molecular formula is C12H14Cl2Hf. The third-order valence-corrected chi connectivity index (χ3v) is 1.66. The predicted octanol–water partition coefficient (Wildman–Crippen LogP) is -2.57. The van der Waals surface area contributed by atoms with Crippen LogP contribution in [-0.2, 0) is 25.8 Å². The third kappa shape index (κ3) is 10.4. The van der Waals surface area contributed by atoms with E-state index in [1.165, 1.54) is 11.1 Å². The maximum Gasteiger partial charge on any atom is 4.00 e. The Labute approximate surface area is 123 Å². The zero-order valence-electron chi connectivity index (χ0n) is 8.87. The average Bonchev–Trinajstić information content (AvgIpc) is 2.63. The average molecular weight is 408 g/mol. The van der Waals surface area contributed by atoms with E-state index in [0.717, 1.165) is 0 Å². The first-order valence-corrected chi connectivity index (χ1v) is 4.15. The van der Waals surface area contributed by atoms with Crippen molar-refractivity contribution in [3.63, 3.8) is 0 Å². The molecule has 0 nitrogen and oxygen atoms in total. The van der Waals surface area contributed by atoms with Gasteiger partial charge in [0.1, 0.15) is 0 Å². The summed E-state index contributed by atoms with van der Waals surface area (Å²) in [6.45, 7) is 4.17. The van der Waals surface area contributed by atoms with Crippen LogP contribution in [0.2, 0.25) is 0 Å². The summed E-state index contributed by atoms with van der Waals surface area (Å²) in [5, 5.41) is 0. The Morgan fingerprint density at radius 1 is 0.600 bits per heavy atom. The first-order valence-electron chi connectivity index (χ1n) is 4.15. The normalized spacial score (nSPS) is 7.07. The van der Waals surface area contributed by atoms with Crippen LogP contribution in [0.25, 0.3) is 0 Å². The van der Waals surface area contributed by atoms with Gasteiger partial charge in [0, 0.05) is 0 Å². The van der Waals surface area contributed by atoms with Crippen LogP contribution in [0.15, 0.2) is 48.5 Å². The molecule has 2 rings (SSSR count). The fourth-order valence-corrected chi connectivity index (χ4v) is 0.940. The van der Waals surface area contributed by atoms with Crippen molar-refractivity contribution in [2.45, 2.75) is 13.8 Å². The minimum atomic E-state index is 0. The van der Waals surface area contributed by atoms with E-state index in [1.54, 1.807) is 0 Å². The Balaban J connectivity index is -0.000000160. The van der Waals surface area contributed by atoms with E-state index in [4.69, 9.17) is 0 Å². The van der Waals surface area contributed by atoms with Crippen molar-refractivity contribution in [1.29, 1.82) is 0 Å². The fourth-order valence-electron chi connectivity index (χ4n) is 0.940. The topological polar surface area (TPSA) is 0 Å². The van der Waals surface area contributed by atoms with Crippen LogP contribution in [-0.4, -0.2) is 0 Å². The van der Waals surface area contributed by atoms with E-state index in [1.807, 2.05) is 24.3 Å². The van der Waals surface area contributed by atoms with Crippen molar-refractivity contribution in [1.82, 2.24) is 0 Å². The molecule has 0 saturated carbocycles. The molecule has 0 amide bonds. The smallest absolute Gasteiger partial charge is 1.00 e. The molecule has 3 heteroatoms. The summed E-state index contributed by atoms with van der Waals surface area (Å²) in [7, 11) is 0. The Kier molecular flexibility index (Phi) is 16.7. The molecule has 0 aliphatic carbocycles. The van der Waals surface area contributed by atoms with Crippen molar-refractivity contribution in [3.05, 3.63) is 59.7 Å². The maximum atomic E-state index is 2.08. The molecule has 0 fully saturated rings. The second-order valence-corrected chi connectivity index (χ2v) is 2.92. The molecular weight excluding hydrogens is 394 g/mol. The van der Waals surface area contributed by atoms with Crippen molar-refractivity contribution >= 4 is 0 Å². The van der Waals surface area contributed by atoms with Gasteiger partial charge in [-0.15, -0.1) is 0 Å². The van der Waals surface area contributed by atoms with Crippen LogP contribution >= 0.6 is 0 Å². The molecule has 2 aromatic rings. The molecule has 0 aliphatic heterocycles. The molecule has 2 aromatic carbocycles. The third-order valence-electron chi connectivity index (χ3n) is 1.66. The van der Waals surface area contributed by atoms with Crippen molar-refractivity contribution < 1.29 is 50.7 Å². The van der Waals surface area contributed by atoms with Crippen LogP contribution in [0, 0.1) is 13.8 Å². The molecule has 80 valence electrons. The van der Waals surface area contributed by atoms with E-state index >= 15 is 0 Å². The van der Waals surface area contributed by atoms with Gasteiger partial charge in [0.05, 0.1) is 0 Å². The second-order valence-electron chi connectivity index (χ2n) is 2.92. The van der Waals surface area contributed by atoms with Crippen LogP contribution in [0.3, 0.4) is 0 Å². The molecule has 0 radical (unpaired) electrons. The molecule has 0 heterocycles.